The van der Waals surface area contributed by atoms with Gasteiger partial charge < -0.3 is 5.73 Å². The van der Waals surface area contributed by atoms with Crippen LogP contribution in [0, 0.1) is 23.7 Å². The van der Waals surface area contributed by atoms with Crippen LogP contribution in [0.15, 0.2) is 29.2 Å². The van der Waals surface area contributed by atoms with Gasteiger partial charge in [0.15, 0.2) is 0 Å². The number of nitrogens with two attached hydrogens (primary N) is 1. The first-order chi connectivity index (χ1) is 10.1. The predicted molar refractivity (Wildman–Crippen MR) is 82.0 cm³/mol. The molecule has 5 heteroatoms. The van der Waals surface area contributed by atoms with E-state index >= 15 is 0 Å². The first-order valence-electron chi connectivity index (χ1n) is 7.41. The Hall–Kier alpha value is -1.35. The third kappa shape index (κ3) is 2.71. The van der Waals surface area contributed by atoms with E-state index in [1.807, 2.05) is 0 Å². The minimum absolute atomic E-state index is 0.224. The number of nitrogens with zero attached hydrogens (tertiary/aromatic N) is 1. The van der Waals surface area contributed by atoms with Crippen molar-refractivity contribution in [1.82, 2.24) is 4.31 Å². The van der Waals surface area contributed by atoms with Crippen LogP contribution in [0.4, 0.5) is 0 Å². The normalized spacial score (nSPS) is 25.4. The Bertz CT molecular complexity index is 676. The summed E-state index contributed by atoms with van der Waals surface area (Å²) in [5, 5.41) is 0. The van der Waals surface area contributed by atoms with Crippen LogP contribution in [0.3, 0.4) is 0 Å². The molecule has 0 amide bonds. The molecule has 4 nitrogen and oxygen atoms in total. The second-order valence-corrected chi connectivity index (χ2v) is 7.68. The zero-order valence-electron chi connectivity index (χ0n) is 12.0. The van der Waals surface area contributed by atoms with Crippen molar-refractivity contribution in [3.05, 3.63) is 29.8 Å². The monoisotopic (exact) mass is 304 g/mol. The van der Waals surface area contributed by atoms with Gasteiger partial charge in [-0.3, -0.25) is 0 Å². The van der Waals surface area contributed by atoms with Crippen molar-refractivity contribution in [3.8, 4) is 11.8 Å². The van der Waals surface area contributed by atoms with Crippen molar-refractivity contribution in [1.29, 1.82) is 0 Å². The first kappa shape index (κ1) is 14.6. The average Bonchev–Trinajstić information content (AvgIpc) is 3.07. The minimum Gasteiger partial charge on any atom is -0.320 e. The Morgan fingerprint density at radius 1 is 1.19 bits per heavy atom. The second kappa shape index (κ2) is 5.80. The highest BCUT2D eigenvalue weighted by Gasteiger charge is 2.41. The standard InChI is InChI=1S/C16H20N2O2S/c17-10-4-8-13-5-1-2-9-16(13)21(19,20)18-11-14-6-3-7-15(14)12-18/h1-2,5,9,14-15H,3,6-7,10-12,17H2. The third-order valence-electron chi connectivity index (χ3n) is 4.52. The van der Waals surface area contributed by atoms with Gasteiger partial charge in [-0.2, -0.15) is 4.31 Å². The molecule has 2 aliphatic rings. The SMILES string of the molecule is NCC#Cc1ccccc1S(=O)(=O)N1CC2CCCC2C1. The molecule has 1 saturated carbocycles. The molecular weight excluding hydrogens is 284 g/mol. The van der Waals surface area contributed by atoms with Gasteiger partial charge in [0.25, 0.3) is 0 Å². The van der Waals surface area contributed by atoms with E-state index in [1.165, 1.54) is 6.42 Å². The number of benzene rings is 1. The zero-order chi connectivity index (χ0) is 14.9. The van der Waals surface area contributed by atoms with Crippen LogP contribution in [0.25, 0.3) is 0 Å². The molecule has 2 fully saturated rings. The van der Waals surface area contributed by atoms with Gasteiger partial charge in [-0.25, -0.2) is 8.42 Å². The van der Waals surface area contributed by atoms with Gasteiger partial charge in [0.2, 0.25) is 10.0 Å². The molecule has 0 bridgehead atoms. The summed E-state index contributed by atoms with van der Waals surface area (Å²) in [5.74, 6) is 6.70. The summed E-state index contributed by atoms with van der Waals surface area (Å²) in [6, 6.07) is 6.94. The molecule has 2 atom stereocenters. The maximum Gasteiger partial charge on any atom is 0.244 e. The highest BCUT2D eigenvalue weighted by atomic mass is 32.2. The van der Waals surface area contributed by atoms with E-state index in [0.717, 1.165) is 12.8 Å². The molecular formula is C16H20N2O2S. The fourth-order valence-corrected chi connectivity index (χ4v) is 5.17. The molecule has 1 heterocycles. The lowest BCUT2D eigenvalue weighted by Gasteiger charge is -2.18. The Labute approximate surface area is 126 Å². The van der Waals surface area contributed by atoms with Gasteiger partial charge in [0.1, 0.15) is 0 Å². The second-order valence-electron chi connectivity index (χ2n) is 5.78. The summed E-state index contributed by atoms with van der Waals surface area (Å²) in [7, 11) is -3.45. The number of rotatable bonds is 2. The lowest BCUT2D eigenvalue weighted by molar-refractivity contribution is 0.445. The van der Waals surface area contributed by atoms with Crippen LogP contribution < -0.4 is 5.73 Å². The summed E-state index contributed by atoms with van der Waals surface area (Å²) < 4.78 is 27.4. The fraction of sp³-hybridized carbons (Fsp3) is 0.500. The number of fused-ring (bicyclic) bond motifs is 1. The average molecular weight is 304 g/mol. The van der Waals surface area contributed by atoms with E-state index in [2.05, 4.69) is 11.8 Å². The van der Waals surface area contributed by atoms with Crippen molar-refractivity contribution in [2.45, 2.75) is 24.2 Å². The van der Waals surface area contributed by atoms with E-state index in [-0.39, 0.29) is 6.54 Å². The molecule has 0 radical (unpaired) electrons. The van der Waals surface area contributed by atoms with Crippen LogP contribution >= 0.6 is 0 Å². The Balaban J connectivity index is 1.92. The molecule has 21 heavy (non-hydrogen) atoms. The highest BCUT2D eigenvalue weighted by Crippen LogP contribution is 2.39. The Kier molecular flexibility index (Phi) is 4.03. The van der Waals surface area contributed by atoms with Crippen molar-refractivity contribution in [2.75, 3.05) is 19.6 Å². The summed E-state index contributed by atoms with van der Waals surface area (Å²) in [4.78, 5) is 0.311. The quantitative estimate of drug-likeness (QED) is 0.841. The first-order valence-corrected chi connectivity index (χ1v) is 8.85. The van der Waals surface area contributed by atoms with Crippen molar-refractivity contribution in [3.63, 3.8) is 0 Å². The van der Waals surface area contributed by atoms with Gasteiger partial charge >= 0.3 is 0 Å². The summed E-state index contributed by atoms with van der Waals surface area (Å²) in [6.45, 7) is 1.54. The van der Waals surface area contributed by atoms with Crippen LogP contribution in [0.5, 0.6) is 0 Å². The summed E-state index contributed by atoms with van der Waals surface area (Å²) >= 11 is 0. The van der Waals surface area contributed by atoms with Crippen LogP contribution in [-0.2, 0) is 10.0 Å². The maximum absolute atomic E-state index is 12.9. The molecule has 1 aromatic carbocycles. The molecule has 0 aromatic heterocycles. The fourth-order valence-electron chi connectivity index (χ4n) is 3.47. The molecule has 1 aliphatic carbocycles. The van der Waals surface area contributed by atoms with Crippen molar-refractivity contribution in [2.24, 2.45) is 17.6 Å². The smallest absolute Gasteiger partial charge is 0.244 e. The molecule has 1 aromatic rings. The largest absolute Gasteiger partial charge is 0.320 e. The molecule has 1 saturated heterocycles. The van der Waals surface area contributed by atoms with Crippen molar-refractivity contribution < 1.29 is 8.42 Å². The molecule has 1 aliphatic heterocycles. The number of hydrogen-bond acceptors (Lipinski definition) is 3. The number of hydrogen-bond donors (Lipinski definition) is 1. The van der Waals surface area contributed by atoms with Crippen LogP contribution in [0.2, 0.25) is 0 Å². The molecule has 112 valence electrons. The Morgan fingerprint density at radius 2 is 1.86 bits per heavy atom. The van der Waals surface area contributed by atoms with Gasteiger partial charge in [-0.05, 0) is 36.8 Å². The maximum atomic E-state index is 12.9. The number of sulfonamides is 1. The van der Waals surface area contributed by atoms with Crippen LogP contribution in [0.1, 0.15) is 24.8 Å². The van der Waals surface area contributed by atoms with Gasteiger partial charge in [-0.1, -0.05) is 30.4 Å². The lowest BCUT2D eigenvalue weighted by atomic mass is 10.0. The lowest BCUT2D eigenvalue weighted by Crippen LogP contribution is -2.30. The Morgan fingerprint density at radius 3 is 2.52 bits per heavy atom. The molecule has 2 N–H and O–H groups in total. The van der Waals surface area contributed by atoms with Crippen molar-refractivity contribution >= 4 is 10.0 Å². The minimum atomic E-state index is -3.45. The van der Waals surface area contributed by atoms with Crippen LogP contribution in [-0.4, -0.2) is 32.4 Å². The van der Waals surface area contributed by atoms with E-state index in [0.29, 0.717) is 35.4 Å². The third-order valence-corrected chi connectivity index (χ3v) is 6.41. The summed E-state index contributed by atoms with van der Waals surface area (Å²) in [6.07, 6.45) is 3.55. The van der Waals surface area contributed by atoms with Gasteiger partial charge in [-0.15, -0.1) is 0 Å². The van der Waals surface area contributed by atoms with E-state index < -0.39 is 10.0 Å². The van der Waals surface area contributed by atoms with Gasteiger partial charge in [0, 0.05) is 18.7 Å². The topological polar surface area (TPSA) is 63.4 Å². The van der Waals surface area contributed by atoms with Gasteiger partial charge in [0.05, 0.1) is 11.4 Å². The molecule has 3 rings (SSSR count). The zero-order valence-corrected chi connectivity index (χ0v) is 12.8. The van der Waals surface area contributed by atoms with E-state index in [4.69, 9.17) is 5.73 Å². The molecule has 0 spiro atoms. The predicted octanol–water partition coefficient (Wildman–Crippen LogP) is 1.42. The highest BCUT2D eigenvalue weighted by molar-refractivity contribution is 7.89. The van der Waals surface area contributed by atoms with E-state index in [9.17, 15) is 8.42 Å². The van der Waals surface area contributed by atoms with E-state index in [1.54, 1.807) is 28.6 Å². The summed E-state index contributed by atoms with van der Waals surface area (Å²) in [5.41, 5.74) is 5.93. The molecule has 2 unspecified atom stereocenters.